The third-order valence-corrected chi connectivity index (χ3v) is 10.0. The Morgan fingerprint density at radius 3 is 1.46 bits per heavy atom. The number of pyridine rings is 1. The molecule has 0 N–H and O–H groups in total. The van der Waals surface area contributed by atoms with Gasteiger partial charge in [-0.2, -0.15) is 0 Å². The summed E-state index contributed by atoms with van der Waals surface area (Å²) < 4.78 is 0. The van der Waals surface area contributed by atoms with E-state index in [2.05, 4.69) is 157 Å². The van der Waals surface area contributed by atoms with Crippen LogP contribution in [0.2, 0.25) is 0 Å². The Hall–Kier alpha value is -7.04. The van der Waals surface area contributed by atoms with Crippen LogP contribution < -0.4 is 0 Å². The Labute approximate surface area is 301 Å². The summed E-state index contributed by atoms with van der Waals surface area (Å²) in [6.45, 7) is 0. The minimum atomic E-state index is 0.627. The zero-order chi connectivity index (χ0) is 34.4. The quantitative estimate of drug-likeness (QED) is 0.166. The Morgan fingerprint density at radius 1 is 0.288 bits per heavy atom. The minimum Gasteiger partial charge on any atom is -0.265 e. The first-order valence-electron chi connectivity index (χ1n) is 17.5. The van der Waals surface area contributed by atoms with Crippen molar-refractivity contribution in [3.8, 4) is 67.5 Å². The van der Waals surface area contributed by atoms with Crippen molar-refractivity contribution in [3.05, 3.63) is 182 Å². The van der Waals surface area contributed by atoms with Crippen molar-refractivity contribution in [2.75, 3.05) is 0 Å². The number of rotatable bonds is 6. The minimum absolute atomic E-state index is 0.627. The fourth-order valence-electron chi connectivity index (χ4n) is 7.37. The maximum atomic E-state index is 5.08. The van der Waals surface area contributed by atoms with Gasteiger partial charge in [-0.3, -0.25) is 4.98 Å². The number of benzene rings is 8. The van der Waals surface area contributed by atoms with E-state index in [1.807, 2.05) is 30.6 Å². The normalized spacial score (nSPS) is 11.5. The predicted molar refractivity (Wildman–Crippen MR) is 214 cm³/mol. The molecule has 10 rings (SSSR count). The van der Waals surface area contributed by atoms with Crippen LogP contribution in [-0.2, 0) is 0 Å². The summed E-state index contributed by atoms with van der Waals surface area (Å²) in [6.07, 6.45) is 3.62. The van der Waals surface area contributed by atoms with E-state index in [4.69, 9.17) is 15.0 Å². The Balaban J connectivity index is 1.08. The summed E-state index contributed by atoms with van der Waals surface area (Å²) in [7, 11) is 0. The third-order valence-electron chi connectivity index (χ3n) is 10.0. The molecule has 2 aromatic heterocycles. The van der Waals surface area contributed by atoms with E-state index >= 15 is 0 Å². The van der Waals surface area contributed by atoms with Crippen LogP contribution >= 0.6 is 0 Å². The van der Waals surface area contributed by atoms with E-state index in [-0.39, 0.29) is 0 Å². The molecule has 0 fully saturated rings. The number of nitrogens with zero attached hydrogens (tertiary/aromatic N) is 4. The summed E-state index contributed by atoms with van der Waals surface area (Å²) in [5, 5.41) is 7.70. The molecular formula is C48H30N4. The lowest BCUT2D eigenvalue weighted by molar-refractivity contribution is 1.07. The van der Waals surface area contributed by atoms with E-state index in [9.17, 15) is 0 Å². The molecule has 4 heteroatoms. The standard InChI is InChI=1S/C48H30N4/c1-2-6-31(7-3-1)40-10-5-11-41(30-40)48-51-46(38-18-12-32(13-19-38)33-26-28-49-29-27-33)50-47(52-48)39-20-14-34(15-21-39)42-24-22-37-17-16-35-8-4-9-36-23-25-43(42)45(37)44(35)36/h1-30H. The molecule has 10 aromatic rings. The van der Waals surface area contributed by atoms with E-state index < -0.39 is 0 Å². The highest BCUT2D eigenvalue weighted by Crippen LogP contribution is 2.39. The van der Waals surface area contributed by atoms with Crippen molar-refractivity contribution in [1.29, 1.82) is 0 Å². The molecule has 4 nitrogen and oxygen atoms in total. The van der Waals surface area contributed by atoms with Gasteiger partial charge in [-0.25, -0.2) is 15.0 Å². The third kappa shape index (κ3) is 5.26. The average molecular weight is 663 g/mol. The van der Waals surface area contributed by atoms with Crippen LogP contribution in [0.3, 0.4) is 0 Å². The predicted octanol–water partition coefficient (Wildman–Crippen LogP) is 12.2. The van der Waals surface area contributed by atoms with Crippen LogP contribution in [-0.4, -0.2) is 19.9 Å². The average Bonchev–Trinajstić information content (AvgIpc) is 3.23. The first-order valence-corrected chi connectivity index (χ1v) is 17.5. The molecule has 0 bridgehead atoms. The van der Waals surface area contributed by atoms with Gasteiger partial charge < -0.3 is 0 Å². The maximum absolute atomic E-state index is 5.08. The second-order valence-corrected chi connectivity index (χ2v) is 13.1. The fraction of sp³-hybridized carbons (Fsp3) is 0. The van der Waals surface area contributed by atoms with Crippen LogP contribution in [0.4, 0.5) is 0 Å². The van der Waals surface area contributed by atoms with Gasteiger partial charge in [0.15, 0.2) is 17.5 Å². The van der Waals surface area contributed by atoms with E-state index in [0.29, 0.717) is 17.5 Å². The van der Waals surface area contributed by atoms with E-state index in [1.54, 1.807) is 0 Å². The van der Waals surface area contributed by atoms with Crippen LogP contribution in [0.15, 0.2) is 182 Å². The molecule has 8 aromatic carbocycles. The Kier molecular flexibility index (Phi) is 7.10. The second-order valence-electron chi connectivity index (χ2n) is 13.1. The SMILES string of the molecule is c1ccc(-c2cccc(-c3nc(-c4ccc(-c5ccncc5)cc4)nc(-c4ccc(-c5ccc6ccc7cccc8ccc5c6c78)cc4)n3)c2)cc1. The lowest BCUT2D eigenvalue weighted by Gasteiger charge is -2.14. The molecule has 0 radical (unpaired) electrons. The number of hydrogen-bond acceptors (Lipinski definition) is 4. The van der Waals surface area contributed by atoms with Crippen molar-refractivity contribution >= 4 is 32.3 Å². The van der Waals surface area contributed by atoms with Gasteiger partial charge in [0.05, 0.1) is 0 Å². The van der Waals surface area contributed by atoms with Gasteiger partial charge in [0, 0.05) is 29.1 Å². The smallest absolute Gasteiger partial charge is 0.164 e. The van der Waals surface area contributed by atoms with E-state index in [1.165, 1.54) is 37.9 Å². The highest BCUT2D eigenvalue weighted by atomic mass is 15.0. The molecule has 0 atom stereocenters. The lowest BCUT2D eigenvalue weighted by atomic mass is 9.90. The van der Waals surface area contributed by atoms with Gasteiger partial charge in [0.2, 0.25) is 0 Å². The first kappa shape index (κ1) is 29.8. The van der Waals surface area contributed by atoms with Crippen LogP contribution in [0.1, 0.15) is 0 Å². The molecule has 0 saturated heterocycles. The molecule has 2 heterocycles. The molecule has 0 amide bonds. The van der Waals surface area contributed by atoms with Gasteiger partial charge in [0.1, 0.15) is 0 Å². The summed E-state index contributed by atoms with van der Waals surface area (Å²) >= 11 is 0. The summed E-state index contributed by atoms with van der Waals surface area (Å²) in [5.41, 5.74) is 9.63. The molecule has 242 valence electrons. The van der Waals surface area contributed by atoms with Crippen molar-refractivity contribution in [2.45, 2.75) is 0 Å². The molecular weight excluding hydrogens is 633 g/mol. The van der Waals surface area contributed by atoms with Gasteiger partial charge in [-0.1, -0.05) is 152 Å². The molecule has 0 aliphatic carbocycles. The van der Waals surface area contributed by atoms with Crippen LogP contribution in [0, 0.1) is 0 Å². The molecule has 0 saturated carbocycles. The molecule has 0 unspecified atom stereocenters. The number of hydrogen-bond donors (Lipinski definition) is 0. The second kappa shape index (κ2) is 12.4. The Bertz CT molecular complexity index is 2850. The zero-order valence-corrected chi connectivity index (χ0v) is 28.1. The van der Waals surface area contributed by atoms with Crippen molar-refractivity contribution < 1.29 is 0 Å². The highest BCUT2D eigenvalue weighted by molar-refractivity contribution is 6.25. The van der Waals surface area contributed by atoms with Crippen molar-refractivity contribution in [2.24, 2.45) is 0 Å². The summed E-state index contributed by atoms with van der Waals surface area (Å²) in [4.78, 5) is 19.3. The van der Waals surface area contributed by atoms with E-state index in [0.717, 1.165) is 44.5 Å². The maximum Gasteiger partial charge on any atom is 0.164 e. The lowest BCUT2D eigenvalue weighted by Crippen LogP contribution is -2.00. The molecule has 0 spiro atoms. The zero-order valence-electron chi connectivity index (χ0n) is 28.1. The monoisotopic (exact) mass is 662 g/mol. The Morgan fingerprint density at radius 2 is 0.769 bits per heavy atom. The van der Waals surface area contributed by atoms with Gasteiger partial charge in [-0.05, 0) is 83.9 Å². The summed E-state index contributed by atoms with van der Waals surface area (Å²) in [6, 6.07) is 59.8. The topological polar surface area (TPSA) is 51.6 Å². The fourth-order valence-corrected chi connectivity index (χ4v) is 7.37. The largest absolute Gasteiger partial charge is 0.265 e. The molecule has 0 aliphatic heterocycles. The first-order chi connectivity index (χ1) is 25.7. The van der Waals surface area contributed by atoms with Gasteiger partial charge >= 0.3 is 0 Å². The molecule has 0 aliphatic rings. The molecule has 52 heavy (non-hydrogen) atoms. The van der Waals surface area contributed by atoms with Gasteiger partial charge in [-0.15, -0.1) is 0 Å². The van der Waals surface area contributed by atoms with Crippen LogP contribution in [0.25, 0.3) is 99.9 Å². The van der Waals surface area contributed by atoms with Crippen molar-refractivity contribution in [1.82, 2.24) is 19.9 Å². The van der Waals surface area contributed by atoms with Crippen LogP contribution in [0.5, 0.6) is 0 Å². The van der Waals surface area contributed by atoms with Gasteiger partial charge in [0.25, 0.3) is 0 Å². The highest BCUT2D eigenvalue weighted by Gasteiger charge is 2.15. The summed E-state index contributed by atoms with van der Waals surface area (Å²) in [5.74, 6) is 1.89. The number of aromatic nitrogens is 4. The van der Waals surface area contributed by atoms with Crippen molar-refractivity contribution in [3.63, 3.8) is 0 Å².